The van der Waals surface area contributed by atoms with Gasteiger partial charge in [0.05, 0.1) is 10.5 Å². The van der Waals surface area contributed by atoms with Gasteiger partial charge in [-0.25, -0.2) is 17.5 Å². The Morgan fingerprint density at radius 1 is 1.15 bits per heavy atom. The van der Waals surface area contributed by atoms with Crippen molar-refractivity contribution in [3.8, 4) is 17.6 Å². The first-order chi connectivity index (χ1) is 15.3. The maximum absolute atomic E-state index is 12.8. The number of hydrogen-bond donors (Lipinski definition) is 1. The molecule has 0 fully saturated rings. The number of ether oxygens (including phenoxy) is 1. The number of nitrogens with zero attached hydrogens (tertiary/aromatic N) is 1. The van der Waals surface area contributed by atoms with Gasteiger partial charge >= 0.3 is 5.97 Å². The minimum Gasteiger partial charge on any atom is -0.478 e. The molecule has 0 radical (unpaired) electrons. The van der Waals surface area contributed by atoms with E-state index in [1.807, 2.05) is 13.8 Å². The summed E-state index contributed by atoms with van der Waals surface area (Å²) in [5.74, 6) is 5.19. The van der Waals surface area contributed by atoms with Crippen LogP contribution in [0.3, 0.4) is 0 Å². The fraction of sp³-hybridized carbons (Fsp3) is 0.400. The van der Waals surface area contributed by atoms with Gasteiger partial charge in [-0.1, -0.05) is 57.2 Å². The number of sulfonamides is 1. The van der Waals surface area contributed by atoms with E-state index in [4.69, 9.17) is 16.3 Å². The first-order valence-electron chi connectivity index (χ1n) is 10.6. The van der Waals surface area contributed by atoms with Gasteiger partial charge in [-0.2, -0.15) is 0 Å². The molecule has 8 heteroatoms. The first-order valence-corrected chi connectivity index (χ1v) is 12.4. The lowest BCUT2D eigenvalue weighted by Crippen LogP contribution is -2.39. The van der Waals surface area contributed by atoms with Gasteiger partial charge in [0.2, 0.25) is 10.0 Å². The molecular formula is C25H30ClNO5S. The largest absolute Gasteiger partial charge is 0.478 e. The summed E-state index contributed by atoms with van der Waals surface area (Å²) in [7, 11) is -2.08. The second kappa shape index (κ2) is 10.6. The Morgan fingerprint density at radius 3 is 2.36 bits per heavy atom. The van der Waals surface area contributed by atoms with Gasteiger partial charge in [-0.05, 0) is 49.2 Å². The predicted octanol–water partition coefficient (Wildman–Crippen LogP) is 4.96. The Morgan fingerprint density at radius 2 is 1.79 bits per heavy atom. The molecule has 0 saturated heterocycles. The Hall–Kier alpha value is -2.53. The Balaban J connectivity index is 2.50. The highest BCUT2D eigenvalue weighted by atomic mass is 35.5. The van der Waals surface area contributed by atoms with Crippen LogP contribution >= 0.6 is 11.6 Å². The molecule has 33 heavy (non-hydrogen) atoms. The van der Waals surface area contributed by atoms with Crippen LogP contribution in [-0.2, 0) is 14.8 Å². The lowest BCUT2D eigenvalue weighted by Gasteiger charge is -2.28. The highest BCUT2D eigenvalue weighted by Gasteiger charge is 2.33. The molecule has 0 saturated carbocycles. The Labute approximate surface area is 201 Å². The molecule has 0 aliphatic rings. The highest BCUT2D eigenvalue weighted by molar-refractivity contribution is 7.89. The number of carboxylic acids is 1. The topological polar surface area (TPSA) is 83.9 Å². The summed E-state index contributed by atoms with van der Waals surface area (Å²) in [5, 5.41) is 10.0. The van der Waals surface area contributed by atoms with Gasteiger partial charge in [-0.3, -0.25) is 0 Å². The molecule has 0 spiro atoms. The van der Waals surface area contributed by atoms with Crippen LogP contribution in [0.2, 0.25) is 5.02 Å². The molecule has 0 heterocycles. The standard InChI is InChI=1S/C25H30ClNO5S/c1-7-14-27(6)33(30,31)21-12-8-17(2)18(16-21)9-10-19-15-20(26)11-13-22(19)32-23(24(28)29)25(3,4)5/h8,11-13,15-16,23H,7,14H2,1-6H3,(H,28,29). The molecule has 2 aromatic carbocycles. The average molecular weight is 492 g/mol. The monoisotopic (exact) mass is 491 g/mol. The molecule has 1 unspecified atom stereocenters. The molecule has 6 nitrogen and oxygen atoms in total. The molecule has 0 aliphatic heterocycles. The fourth-order valence-electron chi connectivity index (χ4n) is 3.07. The van der Waals surface area contributed by atoms with Crippen molar-refractivity contribution < 1.29 is 23.1 Å². The van der Waals surface area contributed by atoms with Crippen molar-refractivity contribution in [2.45, 2.75) is 52.0 Å². The van der Waals surface area contributed by atoms with Crippen molar-refractivity contribution in [3.63, 3.8) is 0 Å². The quantitative estimate of drug-likeness (QED) is 0.553. The second-order valence-electron chi connectivity index (χ2n) is 8.90. The van der Waals surface area contributed by atoms with Crippen LogP contribution in [0.15, 0.2) is 41.3 Å². The maximum Gasteiger partial charge on any atom is 0.345 e. The van der Waals surface area contributed by atoms with Crippen LogP contribution in [0.25, 0.3) is 0 Å². The normalized spacial score (nSPS) is 12.7. The van der Waals surface area contributed by atoms with E-state index < -0.39 is 27.5 Å². The Bertz CT molecular complexity index is 1190. The molecule has 0 amide bonds. The lowest BCUT2D eigenvalue weighted by molar-refractivity contribution is -0.150. The van der Waals surface area contributed by atoms with E-state index >= 15 is 0 Å². The molecule has 2 rings (SSSR count). The summed E-state index contributed by atoms with van der Waals surface area (Å²) in [6, 6.07) is 9.61. The molecular weight excluding hydrogens is 462 g/mol. The second-order valence-corrected chi connectivity index (χ2v) is 11.4. The van der Waals surface area contributed by atoms with Crippen LogP contribution in [0.4, 0.5) is 0 Å². The molecule has 1 atom stereocenters. The minimum atomic E-state index is -3.63. The third-order valence-electron chi connectivity index (χ3n) is 4.98. The van der Waals surface area contributed by atoms with Crippen LogP contribution in [0.5, 0.6) is 5.75 Å². The molecule has 178 valence electrons. The van der Waals surface area contributed by atoms with Crippen molar-refractivity contribution in [3.05, 3.63) is 58.1 Å². The van der Waals surface area contributed by atoms with Crippen molar-refractivity contribution in [1.82, 2.24) is 4.31 Å². The first kappa shape index (κ1) is 26.7. The number of carboxylic acid groups (broad SMARTS) is 1. The minimum absolute atomic E-state index is 0.162. The zero-order valence-electron chi connectivity index (χ0n) is 19.8. The number of halogens is 1. The van der Waals surface area contributed by atoms with Gasteiger partial charge in [0, 0.05) is 29.6 Å². The van der Waals surface area contributed by atoms with Crippen molar-refractivity contribution in [2.24, 2.45) is 5.41 Å². The summed E-state index contributed by atoms with van der Waals surface area (Å²) < 4.78 is 32.8. The zero-order chi connectivity index (χ0) is 25.0. The number of benzene rings is 2. The highest BCUT2D eigenvalue weighted by Crippen LogP contribution is 2.29. The molecule has 1 N–H and O–H groups in total. The van der Waals surface area contributed by atoms with Gasteiger partial charge < -0.3 is 9.84 Å². The van der Waals surface area contributed by atoms with Crippen LogP contribution in [0, 0.1) is 24.2 Å². The number of hydrogen-bond acceptors (Lipinski definition) is 4. The van der Waals surface area contributed by atoms with E-state index in [2.05, 4.69) is 11.8 Å². The lowest BCUT2D eigenvalue weighted by atomic mass is 9.89. The maximum atomic E-state index is 12.8. The fourth-order valence-corrected chi connectivity index (χ4v) is 4.53. The van der Waals surface area contributed by atoms with E-state index in [1.54, 1.807) is 64.2 Å². The van der Waals surface area contributed by atoms with Crippen LogP contribution in [-0.4, -0.2) is 43.5 Å². The Kier molecular flexibility index (Phi) is 8.58. The zero-order valence-corrected chi connectivity index (χ0v) is 21.3. The van der Waals surface area contributed by atoms with Crippen molar-refractivity contribution >= 4 is 27.6 Å². The number of aryl methyl sites for hydroxylation is 1. The molecule has 2 aromatic rings. The summed E-state index contributed by atoms with van der Waals surface area (Å²) in [5.41, 5.74) is 1.11. The third-order valence-corrected chi connectivity index (χ3v) is 7.07. The summed E-state index contributed by atoms with van der Waals surface area (Å²) >= 11 is 6.14. The summed E-state index contributed by atoms with van der Waals surface area (Å²) in [4.78, 5) is 11.9. The smallest absolute Gasteiger partial charge is 0.345 e. The van der Waals surface area contributed by atoms with E-state index in [9.17, 15) is 18.3 Å². The van der Waals surface area contributed by atoms with Gasteiger partial charge in [0.1, 0.15) is 5.75 Å². The van der Waals surface area contributed by atoms with Gasteiger partial charge in [0.15, 0.2) is 6.10 Å². The molecule has 0 aromatic heterocycles. The van der Waals surface area contributed by atoms with Crippen molar-refractivity contribution in [2.75, 3.05) is 13.6 Å². The SMILES string of the molecule is CCCN(C)S(=O)(=O)c1ccc(C)c(C#Cc2cc(Cl)ccc2OC(C(=O)O)C(C)(C)C)c1. The average Bonchev–Trinajstić information content (AvgIpc) is 2.71. The van der Waals surface area contributed by atoms with Crippen LogP contribution in [0.1, 0.15) is 50.8 Å². The van der Waals surface area contributed by atoms with E-state index in [-0.39, 0.29) is 4.90 Å². The number of carbonyl (C=O) groups is 1. The van der Waals surface area contributed by atoms with E-state index in [1.165, 1.54) is 4.31 Å². The van der Waals surface area contributed by atoms with E-state index in [0.717, 1.165) is 5.56 Å². The van der Waals surface area contributed by atoms with E-state index in [0.29, 0.717) is 34.9 Å². The number of rotatable bonds is 7. The van der Waals surface area contributed by atoms with Crippen molar-refractivity contribution in [1.29, 1.82) is 0 Å². The third kappa shape index (κ3) is 6.73. The number of aliphatic carboxylic acids is 1. The van der Waals surface area contributed by atoms with Gasteiger partial charge in [-0.15, -0.1) is 0 Å². The van der Waals surface area contributed by atoms with Gasteiger partial charge in [0.25, 0.3) is 0 Å². The summed E-state index contributed by atoms with van der Waals surface area (Å²) in [6.45, 7) is 9.50. The predicted molar refractivity (Wildman–Crippen MR) is 130 cm³/mol. The molecule has 0 aliphatic carbocycles. The van der Waals surface area contributed by atoms with Crippen LogP contribution < -0.4 is 4.74 Å². The molecule has 0 bridgehead atoms. The summed E-state index contributed by atoms with van der Waals surface area (Å²) in [6.07, 6.45) is -0.388.